The number of aliphatic hydroxyl groups is 1. The first-order valence-corrected chi connectivity index (χ1v) is 10.7. The Balaban J connectivity index is 0.000000948. The first kappa shape index (κ1) is 19.6. The summed E-state index contributed by atoms with van der Waals surface area (Å²) in [6.45, 7) is 10.8. The molecule has 0 radical (unpaired) electrons. The van der Waals surface area contributed by atoms with Crippen LogP contribution >= 0.6 is 0 Å². The van der Waals surface area contributed by atoms with Crippen LogP contribution in [0.15, 0.2) is 36.0 Å². The van der Waals surface area contributed by atoms with Gasteiger partial charge in [0, 0.05) is 5.41 Å². The summed E-state index contributed by atoms with van der Waals surface area (Å²) in [5, 5.41) is 11.4. The lowest BCUT2D eigenvalue weighted by Gasteiger charge is -2.56. The predicted molar refractivity (Wildman–Crippen MR) is 108 cm³/mol. The van der Waals surface area contributed by atoms with Gasteiger partial charge in [0.05, 0.1) is 5.60 Å². The monoisotopic (exact) mass is 356 g/mol. The zero-order valence-corrected chi connectivity index (χ0v) is 17.2. The molecule has 2 heteroatoms. The highest BCUT2D eigenvalue weighted by Crippen LogP contribution is 2.66. The van der Waals surface area contributed by atoms with Gasteiger partial charge in [-0.2, -0.15) is 0 Å². The minimum Gasteiger partial charge on any atom is -0.389 e. The molecule has 6 unspecified atom stereocenters. The molecule has 2 nitrogen and oxygen atoms in total. The van der Waals surface area contributed by atoms with Crippen molar-refractivity contribution in [3.05, 3.63) is 36.0 Å². The lowest BCUT2D eigenvalue weighted by Crippen LogP contribution is -2.53. The molecule has 0 bridgehead atoms. The van der Waals surface area contributed by atoms with E-state index in [1.165, 1.54) is 5.57 Å². The maximum absolute atomic E-state index is 11.8. The third-order valence-corrected chi connectivity index (χ3v) is 8.10. The van der Waals surface area contributed by atoms with Crippen molar-refractivity contribution in [1.29, 1.82) is 0 Å². The smallest absolute Gasteiger partial charge is 0.178 e. The number of hydrogen-bond acceptors (Lipinski definition) is 2. The number of ketones is 1. The average Bonchev–Trinajstić information content (AvgIpc) is 2.89. The first-order valence-electron chi connectivity index (χ1n) is 10.7. The molecule has 0 aromatic rings. The molecule has 144 valence electrons. The number of carbonyl (C=O) groups excluding carboxylic acids is 1. The van der Waals surface area contributed by atoms with Crippen LogP contribution in [0.1, 0.15) is 73.1 Å². The van der Waals surface area contributed by atoms with Crippen LogP contribution in [0.4, 0.5) is 0 Å². The van der Waals surface area contributed by atoms with E-state index in [-0.39, 0.29) is 16.6 Å². The number of fused-ring (bicyclic) bond motifs is 5. The summed E-state index contributed by atoms with van der Waals surface area (Å²) in [7, 11) is 0. The van der Waals surface area contributed by atoms with Crippen LogP contribution in [0.5, 0.6) is 0 Å². The van der Waals surface area contributed by atoms with Gasteiger partial charge in [0.1, 0.15) is 0 Å². The van der Waals surface area contributed by atoms with Gasteiger partial charge in [0.2, 0.25) is 0 Å². The molecule has 0 aliphatic heterocycles. The predicted octanol–water partition coefficient (Wildman–Crippen LogP) is 5.63. The molecule has 4 aliphatic carbocycles. The van der Waals surface area contributed by atoms with E-state index in [2.05, 4.69) is 39.0 Å². The molecular formula is C24H36O2. The van der Waals surface area contributed by atoms with Crippen molar-refractivity contribution in [3.8, 4) is 0 Å². The molecule has 6 atom stereocenters. The molecule has 2 saturated carbocycles. The Kier molecular flexibility index (Phi) is 5.11. The average molecular weight is 357 g/mol. The van der Waals surface area contributed by atoms with E-state index in [0.717, 1.165) is 38.5 Å². The molecule has 0 aromatic carbocycles. The van der Waals surface area contributed by atoms with Gasteiger partial charge in [0.15, 0.2) is 5.78 Å². The fraction of sp³-hybridized carbons (Fsp3) is 0.708. The molecule has 0 heterocycles. The molecule has 0 amide bonds. The third-order valence-electron chi connectivity index (χ3n) is 8.10. The van der Waals surface area contributed by atoms with Gasteiger partial charge in [-0.15, -0.1) is 0 Å². The Morgan fingerprint density at radius 2 is 1.81 bits per heavy atom. The fourth-order valence-corrected chi connectivity index (χ4v) is 6.59. The van der Waals surface area contributed by atoms with Gasteiger partial charge < -0.3 is 5.11 Å². The van der Waals surface area contributed by atoms with E-state index >= 15 is 0 Å². The van der Waals surface area contributed by atoms with E-state index in [9.17, 15) is 9.90 Å². The quantitative estimate of drug-likeness (QED) is 0.696. The second-order valence-corrected chi connectivity index (χ2v) is 9.04. The molecule has 4 rings (SSSR count). The summed E-state index contributed by atoms with van der Waals surface area (Å²) in [6.07, 6.45) is 16.6. The topological polar surface area (TPSA) is 37.3 Å². The number of rotatable bonds is 2. The number of allylic oxidation sites excluding steroid dienone is 6. The summed E-state index contributed by atoms with van der Waals surface area (Å²) in [6, 6.07) is 0. The number of hydrogen-bond donors (Lipinski definition) is 1. The molecule has 4 aliphatic rings. The highest BCUT2D eigenvalue weighted by molar-refractivity contribution is 6.01. The summed E-state index contributed by atoms with van der Waals surface area (Å²) in [5.41, 5.74) is 0.725. The van der Waals surface area contributed by atoms with Crippen LogP contribution in [0, 0.1) is 28.6 Å². The molecule has 0 aromatic heterocycles. The zero-order valence-electron chi connectivity index (χ0n) is 17.2. The van der Waals surface area contributed by atoms with Crippen molar-refractivity contribution in [2.45, 2.75) is 78.7 Å². The fourth-order valence-electron chi connectivity index (χ4n) is 6.59. The Hall–Kier alpha value is -1.15. The standard InChI is InChI=1S/C22H30O2.C2H6/c1-4-10-22(24)13-9-19-17-6-5-15-14-16(23)7-11-20(15,2)18(17)8-12-21(19,22)3;1-2/h5-7,11,14,17-19,24H,4,8-10,12-13H2,1-3H3;1-2H3. The largest absolute Gasteiger partial charge is 0.389 e. The highest BCUT2D eigenvalue weighted by atomic mass is 16.3. The summed E-state index contributed by atoms with van der Waals surface area (Å²) in [4.78, 5) is 11.8. The summed E-state index contributed by atoms with van der Waals surface area (Å²) < 4.78 is 0. The SMILES string of the molecule is CC.CCCC1(O)CCC2C3C=CC4=CC(=O)C=CC4(C)C3CCC21C. The van der Waals surface area contributed by atoms with Crippen molar-refractivity contribution in [2.24, 2.45) is 28.6 Å². The van der Waals surface area contributed by atoms with E-state index < -0.39 is 5.60 Å². The van der Waals surface area contributed by atoms with Gasteiger partial charge in [-0.25, -0.2) is 0 Å². The summed E-state index contributed by atoms with van der Waals surface area (Å²) in [5.74, 6) is 1.76. The minimum absolute atomic E-state index is 0.0138. The molecule has 1 N–H and O–H groups in total. The van der Waals surface area contributed by atoms with E-state index in [4.69, 9.17) is 0 Å². The van der Waals surface area contributed by atoms with E-state index in [0.29, 0.717) is 17.8 Å². The van der Waals surface area contributed by atoms with Crippen LogP contribution in [0.25, 0.3) is 0 Å². The van der Waals surface area contributed by atoms with Crippen molar-refractivity contribution in [2.75, 3.05) is 0 Å². The molecule has 26 heavy (non-hydrogen) atoms. The zero-order chi connectivity index (χ0) is 19.2. The van der Waals surface area contributed by atoms with Gasteiger partial charge in [-0.3, -0.25) is 4.79 Å². The molecule has 0 saturated heterocycles. The van der Waals surface area contributed by atoms with Crippen LogP contribution in [-0.4, -0.2) is 16.5 Å². The Morgan fingerprint density at radius 3 is 2.50 bits per heavy atom. The van der Waals surface area contributed by atoms with Crippen molar-refractivity contribution < 1.29 is 9.90 Å². The molecular weight excluding hydrogens is 320 g/mol. The Bertz CT molecular complexity index is 657. The van der Waals surface area contributed by atoms with Crippen LogP contribution in [0.3, 0.4) is 0 Å². The molecule has 2 fully saturated rings. The highest BCUT2D eigenvalue weighted by Gasteiger charge is 2.62. The van der Waals surface area contributed by atoms with Crippen LogP contribution in [0.2, 0.25) is 0 Å². The number of carbonyl (C=O) groups is 1. The van der Waals surface area contributed by atoms with Crippen molar-refractivity contribution in [1.82, 2.24) is 0 Å². The van der Waals surface area contributed by atoms with Crippen LogP contribution < -0.4 is 0 Å². The van der Waals surface area contributed by atoms with E-state index in [1.54, 1.807) is 6.08 Å². The second-order valence-electron chi connectivity index (χ2n) is 9.04. The van der Waals surface area contributed by atoms with Gasteiger partial charge in [-0.05, 0) is 73.0 Å². The third kappa shape index (κ3) is 2.59. The van der Waals surface area contributed by atoms with Crippen molar-refractivity contribution in [3.63, 3.8) is 0 Å². The van der Waals surface area contributed by atoms with Gasteiger partial charge in [0.25, 0.3) is 0 Å². The Labute approximate surface area is 159 Å². The second kappa shape index (κ2) is 6.78. The normalized spacial score (nSPS) is 45.8. The lowest BCUT2D eigenvalue weighted by atomic mass is 9.49. The maximum atomic E-state index is 11.8. The van der Waals surface area contributed by atoms with E-state index in [1.807, 2.05) is 19.9 Å². The maximum Gasteiger partial charge on any atom is 0.178 e. The minimum atomic E-state index is -0.485. The molecule has 0 spiro atoms. The first-order chi connectivity index (χ1) is 12.3. The lowest BCUT2D eigenvalue weighted by molar-refractivity contribution is -0.114. The summed E-state index contributed by atoms with van der Waals surface area (Å²) >= 11 is 0. The van der Waals surface area contributed by atoms with Gasteiger partial charge in [-0.1, -0.05) is 59.3 Å². The van der Waals surface area contributed by atoms with Crippen molar-refractivity contribution >= 4 is 5.78 Å². The van der Waals surface area contributed by atoms with Crippen LogP contribution in [-0.2, 0) is 4.79 Å². The Morgan fingerprint density at radius 1 is 1.12 bits per heavy atom. The van der Waals surface area contributed by atoms with Gasteiger partial charge >= 0.3 is 0 Å².